The van der Waals surface area contributed by atoms with E-state index >= 15 is 0 Å². The fourth-order valence-corrected chi connectivity index (χ4v) is 4.33. The summed E-state index contributed by atoms with van der Waals surface area (Å²) < 4.78 is 21.6. The van der Waals surface area contributed by atoms with Crippen molar-refractivity contribution in [2.24, 2.45) is 5.10 Å². The number of carbonyl (C=O) groups excluding carboxylic acids is 2. The Bertz CT molecular complexity index is 1040. The van der Waals surface area contributed by atoms with Gasteiger partial charge in [0.25, 0.3) is 5.91 Å². The molecule has 3 atom stereocenters. The molecule has 0 bridgehead atoms. The van der Waals surface area contributed by atoms with Crippen molar-refractivity contribution >= 4 is 69.5 Å². The molecule has 1 saturated heterocycles. The molecule has 1 fully saturated rings. The van der Waals surface area contributed by atoms with E-state index in [4.69, 9.17) is 34.8 Å². The zero-order valence-corrected chi connectivity index (χ0v) is 19.0. The Balaban J connectivity index is 2.39. The Morgan fingerprint density at radius 2 is 1.77 bits per heavy atom. The Labute approximate surface area is 192 Å². The smallest absolute Gasteiger partial charge is 0.328 e. The van der Waals surface area contributed by atoms with Crippen LogP contribution in [0.4, 0.5) is 0 Å². The fraction of sp³-hybridized carbons (Fsp3) is 0.375. The fourth-order valence-electron chi connectivity index (χ4n) is 2.97. The maximum absolute atomic E-state index is 12.4. The molecule has 31 heavy (non-hydrogen) atoms. The number of nitrogens with zero attached hydrogens (tertiary/aromatic N) is 2. The summed E-state index contributed by atoms with van der Waals surface area (Å²) in [6.45, 7) is 2.58. The van der Waals surface area contributed by atoms with Gasteiger partial charge in [-0.1, -0.05) is 34.8 Å². The van der Waals surface area contributed by atoms with Crippen molar-refractivity contribution in [3.8, 4) is 11.5 Å². The monoisotopic (exact) mass is 515 g/mol. The molecule has 1 aliphatic rings. The Hall–Kier alpha value is -2.28. The topological polar surface area (TPSA) is 174 Å². The van der Waals surface area contributed by atoms with Crippen LogP contribution in [0.15, 0.2) is 5.10 Å². The zero-order valence-electron chi connectivity index (χ0n) is 15.8. The van der Waals surface area contributed by atoms with Crippen LogP contribution in [0.25, 0.3) is 0 Å². The molecule has 0 aromatic heterocycles. The number of aliphatic carboxylic acids is 1. The molecule has 170 valence electrons. The van der Waals surface area contributed by atoms with Crippen LogP contribution in [0.2, 0.25) is 15.1 Å². The van der Waals surface area contributed by atoms with Crippen LogP contribution in [0, 0.1) is 0 Å². The molecular weight excluding hydrogens is 501 g/mol. The average Bonchev–Trinajstić information content (AvgIpc) is 2.68. The summed E-state index contributed by atoms with van der Waals surface area (Å²) in [6.07, 6.45) is 0.711. The maximum Gasteiger partial charge on any atom is 0.328 e. The van der Waals surface area contributed by atoms with Crippen LogP contribution < -0.4 is 5.43 Å². The molecule has 2 rings (SSSR count). The maximum atomic E-state index is 12.4. The van der Waals surface area contributed by atoms with Crippen molar-refractivity contribution < 1.29 is 38.1 Å². The summed E-state index contributed by atoms with van der Waals surface area (Å²) >= 11 is 17.4. The van der Waals surface area contributed by atoms with Gasteiger partial charge in [-0.25, -0.2) is 18.6 Å². The van der Waals surface area contributed by atoms with Gasteiger partial charge in [-0.2, -0.15) is 5.10 Å². The third-order valence-electron chi connectivity index (χ3n) is 4.68. The van der Waals surface area contributed by atoms with Crippen LogP contribution in [-0.2, 0) is 20.3 Å². The number of carbonyl (C=O) groups is 3. The van der Waals surface area contributed by atoms with Crippen LogP contribution >= 0.6 is 34.8 Å². The molecule has 0 unspecified atom stereocenters. The van der Waals surface area contributed by atoms with E-state index in [2.05, 4.69) is 5.10 Å². The Morgan fingerprint density at radius 1 is 1.23 bits per heavy atom. The van der Waals surface area contributed by atoms with E-state index in [9.17, 15) is 38.1 Å². The number of hydrogen-bond acceptors (Lipinski definition) is 8. The molecule has 1 aromatic rings. The van der Waals surface area contributed by atoms with Gasteiger partial charge >= 0.3 is 5.97 Å². The number of nitrogens with one attached hydrogen (secondary N) is 1. The first-order valence-corrected chi connectivity index (χ1v) is 10.7. The number of carboxylic acid groups (broad SMARTS) is 1. The molecular formula is C16H16Cl3N3O8S. The molecule has 1 aliphatic heterocycles. The van der Waals surface area contributed by atoms with E-state index < -0.39 is 77.4 Å². The molecule has 0 aliphatic carbocycles. The highest BCUT2D eigenvalue weighted by molar-refractivity contribution is 7.75. The van der Waals surface area contributed by atoms with E-state index in [1.807, 2.05) is 5.43 Å². The first-order chi connectivity index (χ1) is 14.3. The first-order valence-electron chi connectivity index (χ1n) is 8.37. The predicted octanol–water partition coefficient (Wildman–Crippen LogP) is 1.22. The summed E-state index contributed by atoms with van der Waals surface area (Å²) in [5.74, 6) is -5.06. The van der Waals surface area contributed by atoms with Gasteiger partial charge in [0.2, 0.25) is 5.91 Å². The second-order valence-corrected chi connectivity index (χ2v) is 9.40. The van der Waals surface area contributed by atoms with Crippen molar-refractivity contribution in [3.05, 3.63) is 20.6 Å². The second-order valence-electron chi connectivity index (χ2n) is 6.79. The van der Waals surface area contributed by atoms with Gasteiger partial charge in [0.05, 0.1) is 10.6 Å². The lowest BCUT2D eigenvalue weighted by Crippen LogP contribution is -2.66. The van der Waals surface area contributed by atoms with Gasteiger partial charge in [0, 0.05) is 18.7 Å². The highest BCUT2D eigenvalue weighted by Gasteiger charge is 2.52. The van der Waals surface area contributed by atoms with Gasteiger partial charge in [-0.05, 0) is 13.8 Å². The van der Waals surface area contributed by atoms with Gasteiger partial charge in [0.15, 0.2) is 28.2 Å². The summed E-state index contributed by atoms with van der Waals surface area (Å²) in [4.78, 5) is 36.9. The van der Waals surface area contributed by atoms with Crippen molar-refractivity contribution in [2.45, 2.75) is 37.1 Å². The number of rotatable bonds is 7. The molecule has 0 spiro atoms. The number of benzene rings is 1. The largest absolute Gasteiger partial charge is 0.503 e. The number of β-lactam (4-membered cyclic amide) rings is 1. The van der Waals surface area contributed by atoms with Crippen LogP contribution in [-0.4, -0.2) is 69.5 Å². The number of hydrogen-bond donors (Lipinski definition) is 5. The average molecular weight is 517 g/mol. The number of phenols is 2. The Morgan fingerprint density at radius 3 is 2.23 bits per heavy atom. The van der Waals surface area contributed by atoms with Crippen molar-refractivity contribution in [1.82, 2.24) is 10.3 Å². The molecule has 0 saturated carbocycles. The zero-order chi connectivity index (χ0) is 23.8. The molecule has 11 nitrogen and oxygen atoms in total. The van der Waals surface area contributed by atoms with E-state index in [0.717, 1.165) is 11.8 Å². The number of aromatic hydroxyl groups is 2. The quantitative estimate of drug-likeness (QED) is 0.0898. The number of halogens is 3. The minimum Gasteiger partial charge on any atom is -0.503 e. The number of amides is 2. The van der Waals surface area contributed by atoms with Gasteiger partial charge < -0.3 is 20.2 Å². The van der Waals surface area contributed by atoms with Crippen molar-refractivity contribution in [3.63, 3.8) is 0 Å². The van der Waals surface area contributed by atoms with Crippen molar-refractivity contribution in [1.29, 1.82) is 0 Å². The highest BCUT2D eigenvalue weighted by atomic mass is 35.5. The molecule has 0 radical (unpaired) electrons. The first kappa shape index (κ1) is 25.0. The molecule has 2 amide bonds. The number of phenolic OH excluding ortho intramolecular Hbond substituents is 2. The Kier molecular flexibility index (Phi) is 7.31. The number of thiol groups is 1. The third-order valence-corrected chi connectivity index (χ3v) is 7.04. The van der Waals surface area contributed by atoms with E-state index in [1.165, 1.54) is 0 Å². The van der Waals surface area contributed by atoms with Crippen LogP contribution in [0.1, 0.15) is 30.6 Å². The number of carboxylic acids is 1. The van der Waals surface area contributed by atoms with Gasteiger partial charge in [-0.15, -0.1) is 0 Å². The lowest BCUT2D eigenvalue weighted by atomic mass is 9.92. The lowest BCUT2D eigenvalue weighted by molar-refractivity contribution is -0.161. The van der Waals surface area contributed by atoms with E-state index in [-0.39, 0.29) is 6.42 Å². The van der Waals surface area contributed by atoms with Crippen molar-refractivity contribution in [2.75, 3.05) is 0 Å². The third kappa shape index (κ3) is 4.38. The summed E-state index contributed by atoms with van der Waals surface area (Å²) in [5, 5.41) is 30.6. The highest BCUT2D eigenvalue weighted by Crippen LogP contribution is 2.46. The van der Waals surface area contributed by atoms with Gasteiger partial charge in [0.1, 0.15) is 14.8 Å². The summed E-state index contributed by atoms with van der Waals surface area (Å²) in [6, 6.07) is -2.31. The number of likely N-dealkylation sites (tertiary alicyclic amines) is 1. The molecule has 1 heterocycles. The van der Waals surface area contributed by atoms with E-state index in [0.29, 0.717) is 6.21 Å². The summed E-state index contributed by atoms with van der Waals surface area (Å²) in [7, 11) is -3.49. The van der Waals surface area contributed by atoms with Crippen LogP contribution in [0.5, 0.6) is 11.5 Å². The summed E-state index contributed by atoms with van der Waals surface area (Å²) in [5.41, 5.74) is 1.33. The molecule has 15 heteroatoms. The van der Waals surface area contributed by atoms with E-state index in [1.54, 1.807) is 6.92 Å². The standard InChI is InChI=1S/C16H16Cl3N3O8S/c1-5-3-6(23)22(5)13(15(27)28)16(2,31(29)30)4-20-21-14(26)7-8(17)10(19)12(25)11(24)9(7)18/h4-5,13,24-25,31H,3H2,1-2H3,(H,21,26)(H,27,28)/b20-4+/t5-,13+,16+/m1/s1. The second kappa shape index (κ2) is 9.07. The normalized spacial score (nSPS) is 19.2. The number of hydrazone groups is 1. The van der Waals surface area contributed by atoms with Crippen LogP contribution in [0.3, 0.4) is 0 Å². The minimum atomic E-state index is -3.49. The predicted molar refractivity (Wildman–Crippen MR) is 112 cm³/mol. The SMILES string of the molecule is C[C@@H]1CC(=O)N1[C@@H](C(=O)O)[C@](C)(/C=N/NC(=O)c1c(Cl)c(O)c(O)c(Cl)c1Cl)[SH](=O)=O. The lowest BCUT2D eigenvalue weighted by Gasteiger charge is -2.45. The molecule has 4 N–H and O–H groups in total. The molecule has 1 aromatic carbocycles. The minimum absolute atomic E-state index is 0.0610. The van der Waals surface area contributed by atoms with Gasteiger partial charge in [-0.3, -0.25) is 9.59 Å².